The van der Waals surface area contributed by atoms with E-state index in [0.717, 1.165) is 170 Å². The van der Waals surface area contributed by atoms with Gasteiger partial charge in [-0.1, -0.05) is 175 Å². The fraction of sp³-hybridized carbons (Fsp3) is 0.164. The summed E-state index contributed by atoms with van der Waals surface area (Å²) in [6.07, 6.45) is 0. The highest BCUT2D eigenvalue weighted by Gasteiger charge is 2.25. The number of carboxylic acid groups (broad SMARTS) is 2. The number of nitrogens with zero attached hydrogens (tertiary/aromatic N) is 7. The fourth-order valence-electron chi connectivity index (χ4n) is 15.1. The van der Waals surface area contributed by atoms with E-state index in [1.807, 2.05) is 204 Å². The summed E-state index contributed by atoms with van der Waals surface area (Å²) in [7, 11) is -1.20. The van der Waals surface area contributed by atoms with Crippen LogP contribution in [0, 0.1) is 33.5 Å². The van der Waals surface area contributed by atoms with Gasteiger partial charge in [0.25, 0.3) is 0 Å². The quantitative estimate of drug-likeness (QED) is 0.0443. The molecule has 0 atom stereocenters. The Hall–Kier alpha value is -16.8. The van der Waals surface area contributed by atoms with Gasteiger partial charge in [0.05, 0.1) is 63.3 Å². The third kappa shape index (κ3) is 29.5. The van der Waals surface area contributed by atoms with Crippen LogP contribution in [0.5, 0.6) is 40.2 Å². The molecule has 14 aromatic rings. The zero-order valence-electron chi connectivity index (χ0n) is 81.9. The maximum absolute atomic E-state index is 13.0. The van der Waals surface area contributed by atoms with E-state index in [1.54, 1.807) is 109 Å². The van der Waals surface area contributed by atoms with E-state index in [2.05, 4.69) is 70.5 Å². The summed E-state index contributed by atoms with van der Waals surface area (Å²) in [4.78, 5) is 98.9. The molecule has 0 aromatic heterocycles. The first kappa shape index (κ1) is 105. The average Bonchev–Trinajstić information content (AvgIpc) is 0.817. The molecule has 14 aromatic carbocycles. The Morgan fingerprint density at radius 3 is 0.769 bits per heavy atom. The highest BCUT2D eigenvalue weighted by Crippen LogP contribution is 2.41. The van der Waals surface area contributed by atoms with Gasteiger partial charge in [0, 0.05) is 85.2 Å². The second-order valence-electron chi connectivity index (χ2n) is 35.7. The molecule has 0 radical (unpaired) electrons. The molecule has 5 N–H and O–H groups in total. The van der Waals surface area contributed by atoms with Crippen molar-refractivity contribution in [3.63, 3.8) is 0 Å². The molecular weight excluding hydrogens is 1940 g/mol. The lowest BCUT2D eigenvalue weighted by molar-refractivity contribution is -0.115. The van der Waals surface area contributed by atoms with Gasteiger partial charge >= 0.3 is 17.9 Å². The number of hydrogen-bond acceptors (Lipinski definition) is 21. The van der Waals surface area contributed by atoms with Gasteiger partial charge < -0.3 is 64.1 Å². The fourth-order valence-corrected chi connectivity index (χ4v) is 16.3. The number of aliphatic imine (C=N–C) groups is 7. The predicted molar refractivity (Wildman–Crippen MR) is 581 cm³/mol. The number of carbonyl (C=O) groups is 6. The second kappa shape index (κ2) is 48.5. The topological polar surface area (TPSA) is 339 Å². The Morgan fingerprint density at radius 1 is 0.299 bits per heavy atom. The molecule has 31 heteroatoms. The number of ether oxygens (including phenoxy) is 8. The van der Waals surface area contributed by atoms with E-state index in [-0.39, 0.29) is 40.6 Å². The average molecular weight is 2050 g/mol. The molecule has 7 aliphatic rings. The van der Waals surface area contributed by atoms with E-state index in [9.17, 15) is 33.2 Å². The van der Waals surface area contributed by atoms with Gasteiger partial charge in [-0.05, 0) is 247 Å². The first-order valence-electron chi connectivity index (χ1n) is 46.7. The number of esters is 1. The molecule has 0 spiro atoms. The summed E-state index contributed by atoms with van der Waals surface area (Å²) in [6.45, 7) is 22.6. The van der Waals surface area contributed by atoms with Crippen LogP contribution < -0.4 is 49.1 Å². The van der Waals surface area contributed by atoms with Gasteiger partial charge in [0.2, 0.25) is 17.7 Å². The molecule has 0 aliphatic carbocycles. The standard InChI is InChI=1S/C20H22ClNO3Si.2C17H16N2O2.C16H13ClN2O2.C16H13NO3.C15H10ClNO3.C15H12FNO/c1-26(2,3)11-10-24-20(23)15-6-4-14(5-7-15)18-13-25-19-12-16(21)8-9-17(19)22-18;2*1-11-3-8-15-17(9-11)21-10-16(19-15)13-4-6-14(7-5-13)18-12(2)20;1-10(20)18-13-5-2-11(3-6-13)15-9-21-16-8-12(17)4-7-14(16)19-15;1-10-2-7-13-15(8-10)20-9-14(17-13)11-3-5-12(6-4-11)16(18)19;16-11-5-6-12-14(7-11)20-8-13(17-12)9-1-3-10(4-2-9)15(18)19;1-10-2-4-11(5-3-10)14-9-18-15-8-12(16)6-7-13(15)17-14/h4-9,12H,10-11,13H2,1-3H3;2*3-9H,10H2,1-2H3,(H,18,20);2-8H,9H2,1H3,(H,18,20);2-8H,9H2,1H3,(H,18,19);1-7H,8H2,(H,18,19);2-8H,9H2,1H3. The van der Waals surface area contributed by atoms with Crippen molar-refractivity contribution in [1.82, 2.24) is 0 Å². The van der Waals surface area contributed by atoms with Crippen molar-refractivity contribution in [2.75, 3.05) is 68.8 Å². The van der Waals surface area contributed by atoms with Gasteiger partial charge in [-0.2, -0.15) is 0 Å². The number of halogens is 4. The lowest BCUT2D eigenvalue weighted by atomic mass is 10.1. The molecule has 0 unspecified atom stereocenters. The van der Waals surface area contributed by atoms with Crippen LogP contribution in [-0.2, 0) is 19.1 Å². The largest absolute Gasteiger partial charge is 0.485 e. The van der Waals surface area contributed by atoms with Crippen molar-refractivity contribution in [3.8, 4) is 40.2 Å². The van der Waals surface area contributed by atoms with E-state index < -0.39 is 20.0 Å². The number of carboxylic acids is 2. The zero-order valence-corrected chi connectivity index (χ0v) is 85.2. The van der Waals surface area contributed by atoms with Crippen LogP contribution in [0.2, 0.25) is 40.8 Å². The summed E-state index contributed by atoms with van der Waals surface area (Å²) < 4.78 is 58.2. The third-order valence-electron chi connectivity index (χ3n) is 22.8. The van der Waals surface area contributed by atoms with Crippen molar-refractivity contribution < 1.29 is 81.3 Å². The second-order valence-corrected chi connectivity index (χ2v) is 42.7. The first-order valence-corrected chi connectivity index (χ1v) is 51.6. The molecule has 7 aliphatic heterocycles. The highest BCUT2D eigenvalue weighted by molar-refractivity contribution is 6.76. The van der Waals surface area contributed by atoms with Crippen LogP contribution in [0.15, 0.2) is 332 Å². The Labute approximate surface area is 865 Å². The summed E-state index contributed by atoms with van der Waals surface area (Å²) in [5, 5.41) is 27.8. The van der Waals surface area contributed by atoms with Crippen molar-refractivity contribution >= 4 is 175 Å². The monoisotopic (exact) mass is 2040 g/mol. The van der Waals surface area contributed by atoms with Crippen molar-refractivity contribution in [2.24, 2.45) is 34.9 Å². The maximum Gasteiger partial charge on any atom is 0.338 e. The van der Waals surface area contributed by atoms with Gasteiger partial charge in [0.15, 0.2) is 0 Å². The molecule has 26 nitrogen and oxygen atoms in total. The molecular formula is C116H102Cl3FN10O16Si. The van der Waals surface area contributed by atoms with E-state index in [4.69, 9.17) is 82.9 Å². The number of aryl methyl sites for hydroxylation is 4. The molecule has 0 saturated carbocycles. The lowest BCUT2D eigenvalue weighted by Crippen LogP contribution is -2.22. The molecule has 147 heavy (non-hydrogen) atoms. The number of nitrogens with one attached hydrogen (secondary N) is 3. The minimum atomic E-state index is -1.20. The number of amides is 3. The molecule has 3 amide bonds. The lowest BCUT2D eigenvalue weighted by Gasteiger charge is -2.17. The summed E-state index contributed by atoms with van der Waals surface area (Å²) in [5.41, 5.74) is 26.0. The zero-order chi connectivity index (χ0) is 104. The Kier molecular flexibility index (Phi) is 34.5. The van der Waals surface area contributed by atoms with Gasteiger partial charge in [-0.25, -0.2) is 53.7 Å². The van der Waals surface area contributed by atoms with Gasteiger partial charge in [-0.15, -0.1) is 0 Å². The molecule has 0 fully saturated rings. The number of hydrogen-bond donors (Lipinski definition) is 5. The number of benzene rings is 14. The molecule has 21 rings (SSSR count). The highest BCUT2D eigenvalue weighted by atomic mass is 35.5. The normalized spacial score (nSPS) is 13.2. The van der Waals surface area contributed by atoms with Crippen LogP contribution in [0.25, 0.3) is 0 Å². The van der Waals surface area contributed by atoms with Crippen molar-refractivity contribution in [1.29, 1.82) is 0 Å². The maximum atomic E-state index is 13.0. The van der Waals surface area contributed by atoms with Crippen LogP contribution in [0.1, 0.15) is 113 Å². The number of fused-ring (bicyclic) bond motifs is 7. The summed E-state index contributed by atoms with van der Waals surface area (Å²) >= 11 is 17.8. The molecule has 7 heterocycles. The number of anilines is 3. The van der Waals surface area contributed by atoms with E-state index in [1.165, 1.54) is 38.5 Å². The van der Waals surface area contributed by atoms with Crippen LogP contribution in [0.4, 0.5) is 61.3 Å². The number of carbonyl (C=O) groups excluding carboxylic acids is 4. The first-order chi connectivity index (χ1) is 70.6. The van der Waals surface area contributed by atoms with Crippen LogP contribution >= 0.6 is 34.8 Å². The van der Waals surface area contributed by atoms with Gasteiger partial charge in [-0.3, -0.25) is 14.4 Å². The SMILES string of the molecule is CC(=O)Nc1ccc(C2=Nc3ccc(C)cc3OC2)cc1.CC(=O)Nc1ccc(C2=Nc3ccc(C)cc3OC2)cc1.CC(=O)Nc1ccc(C2=Nc3ccc(Cl)cc3OC2)cc1.C[Si](C)(C)CCOC(=O)c1ccc(C2=Nc3ccc(Cl)cc3OC2)cc1.Cc1ccc(C2=Nc3ccc(F)cc3OC2)cc1.Cc1ccc2c(c1)OCC(c1ccc(C(=O)O)cc1)=N2.O=C(O)c1ccc(C2=Nc3ccc(Cl)cc3OC2)cc1. The number of aromatic carboxylic acids is 2. The minimum Gasteiger partial charge on any atom is -0.485 e. The molecule has 0 bridgehead atoms. The summed E-state index contributed by atoms with van der Waals surface area (Å²) in [5.74, 6) is 2.27. The van der Waals surface area contributed by atoms with E-state index in [0.29, 0.717) is 102 Å². The Balaban J connectivity index is 0.000000129. The predicted octanol–water partition coefficient (Wildman–Crippen LogP) is 26.5. The molecule has 0 saturated heterocycles. The van der Waals surface area contributed by atoms with Crippen molar-refractivity contribution in [3.05, 3.63) is 396 Å². The minimum absolute atomic E-state index is 0.0783. The smallest absolute Gasteiger partial charge is 0.338 e. The van der Waals surface area contributed by atoms with Gasteiger partial charge in [0.1, 0.15) is 132 Å². The Morgan fingerprint density at radius 2 is 0.517 bits per heavy atom. The summed E-state index contributed by atoms with van der Waals surface area (Å²) in [6, 6.07) is 90.6. The van der Waals surface area contributed by atoms with Crippen LogP contribution in [0.3, 0.4) is 0 Å². The third-order valence-corrected chi connectivity index (χ3v) is 25.3. The Bertz CT molecular complexity index is 7100. The van der Waals surface area contributed by atoms with Crippen LogP contribution in [-0.4, -0.2) is 147 Å². The van der Waals surface area contributed by atoms with Crippen molar-refractivity contribution in [2.45, 2.75) is 74.2 Å². The number of rotatable bonds is 16. The molecule has 744 valence electrons. The van der Waals surface area contributed by atoms with E-state index >= 15 is 0 Å².